The first-order valence-corrected chi connectivity index (χ1v) is 5.00. The van der Waals surface area contributed by atoms with E-state index in [0.717, 1.165) is 0 Å². The van der Waals surface area contributed by atoms with Crippen LogP contribution in [0.25, 0.3) is 0 Å². The molecule has 5 heteroatoms. The van der Waals surface area contributed by atoms with E-state index in [0.29, 0.717) is 12.8 Å². The fourth-order valence-electron chi connectivity index (χ4n) is 1.22. The Morgan fingerprint density at radius 2 is 1.87 bits per heavy atom. The number of rotatable bonds is 3. The van der Waals surface area contributed by atoms with Crippen molar-refractivity contribution in [1.29, 1.82) is 0 Å². The van der Waals surface area contributed by atoms with Crippen LogP contribution in [0.2, 0.25) is 0 Å². The van der Waals surface area contributed by atoms with E-state index in [4.69, 9.17) is 10.8 Å². The van der Waals surface area contributed by atoms with E-state index in [9.17, 15) is 9.59 Å². The molecule has 5 nitrogen and oxygen atoms in total. The molecule has 0 radical (unpaired) electrons. The van der Waals surface area contributed by atoms with E-state index in [-0.39, 0.29) is 11.3 Å². The second-order valence-electron chi connectivity index (χ2n) is 5.22. The van der Waals surface area contributed by atoms with Gasteiger partial charge in [-0.15, -0.1) is 0 Å². The predicted molar refractivity (Wildman–Crippen MR) is 55.2 cm³/mol. The van der Waals surface area contributed by atoms with Crippen molar-refractivity contribution in [2.45, 2.75) is 45.2 Å². The first-order chi connectivity index (χ1) is 6.69. The van der Waals surface area contributed by atoms with E-state index < -0.39 is 17.6 Å². The maximum Gasteiger partial charge on any atom is 0.329 e. The number of carboxylic acid groups (broad SMARTS) is 1. The topological polar surface area (TPSA) is 92.4 Å². The smallest absolute Gasteiger partial charge is 0.329 e. The number of nitrogens with two attached hydrogens (primary N) is 1. The summed E-state index contributed by atoms with van der Waals surface area (Å²) in [5, 5.41) is 11.4. The van der Waals surface area contributed by atoms with Crippen LogP contribution in [0.4, 0.5) is 0 Å². The maximum atomic E-state index is 11.7. The molecule has 1 saturated carbocycles. The van der Waals surface area contributed by atoms with Gasteiger partial charge in [0.1, 0.15) is 5.54 Å². The molecular weight excluding hydrogens is 196 g/mol. The fraction of sp³-hybridized carbons (Fsp3) is 0.800. The van der Waals surface area contributed by atoms with Crippen LogP contribution in [0, 0.1) is 5.41 Å². The lowest BCUT2D eigenvalue weighted by atomic mass is 9.87. The Labute approximate surface area is 89.0 Å². The van der Waals surface area contributed by atoms with Gasteiger partial charge in [-0.05, 0) is 18.3 Å². The van der Waals surface area contributed by atoms with E-state index in [1.165, 1.54) is 0 Å². The van der Waals surface area contributed by atoms with E-state index in [2.05, 4.69) is 5.32 Å². The van der Waals surface area contributed by atoms with Gasteiger partial charge in [-0.3, -0.25) is 4.79 Å². The number of carboxylic acids is 1. The van der Waals surface area contributed by atoms with E-state index >= 15 is 0 Å². The van der Waals surface area contributed by atoms with Crippen LogP contribution < -0.4 is 11.1 Å². The van der Waals surface area contributed by atoms with Gasteiger partial charge in [-0.25, -0.2) is 4.79 Å². The molecule has 1 atom stereocenters. The number of carbonyl (C=O) groups is 2. The van der Waals surface area contributed by atoms with Crippen LogP contribution in [-0.4, -0.2) is 28.6 Å². The highest BCUT2D eigenvalue weighted by Gasteiger charge is 2.52. The normalized spacial score (nSPS) is 20.5. The van der Waals surface area contributed by atoms with Crippen LogP contribution in [0.5, 0.6) is 0 Å². The standard InChI is InChI=1S/C10H18N2O3/c1-9(2,3)6(11)7(13)12-10(4-5-10)8(14)15/h6H,4-5,11H2,1-3H3,(H,12,13)(H,14,15). The lowest BCUT2D eigenvalue weighted by Gasteiger charge is -2.27. The summed E-state index contributed by atoms with van der Waals surface area (Å²) in [4.78, 5) is 22.5. The number of amides is 1. The number of aliphatic carboxylic acids is 1. The minimum Gasteiger partial charge on any atom is -0.480 e. The van der Waals surface area contributed by atoms with Gasteiger partial charge in [0.15, 0.2) is 0 Å². The third-order valence-electron chi connectivity index (χ3n) is 2.74. The lowest BCUT2D eigenvalue weighted by molar-refractivity contribution is -0.143. The molecule has 1 rings (SSSR count). The molecule has 0 bridgehead atoms. The highest BCUT2D eigenvalue weighted by molar-refractivity contribution is 5.91. The summed E-state index contributed by atoms with van der Waals surface area (Å²) in [5.74, 6) is -1.36. The van der Waals surface area contributed by atoms with Crippen molar-refractivity contribution in [3.05, 3.63) is 0 Å². The number of carbonyl (C=O) groups excluding carboxylic acids is 1. The molecule has 1 unspecified atom stereocenters. The number of nitrogens with one attached hydrogen (secondary N) is 1. The van der Waals surface area contributed by atoms with Gasteiger partial charge in [0.2, 0.25) is 5.91 Å². The molecule has 0 heterocycles. The quantitative estimate of drug-likeness (QED) is 0.621. The molecule has 1 aliphatic rings. The number of hydrogen-bond acceptors (Lipinski definition) is 3. The highest BCUT2D eigenvalue weighted by atomic mass is 16.4. The Hall–Kier alpha value is -1.10. The van der Waals surface area contributed by atoms with Crippen molar-refractivity contribution >= 4 is 11.9 Å². The van der Waals surface area contributed by atoms with Gasteiger partial charge < -0.3 is 16.2 Å². The Kier molecular flexibility index (Phi) is 2.78. The van der Waals surface area contributed by atoms with Gasteiger partial charge in [0.25, 0.3) is 0 Å². The summed E-state index contributed by atoms with van der Waals surface area (Å²) in [7, 11) is 0. The molecule has 0 aromatic heterocycles. The Morgan fingerprint density at radius 3 is 2.13 bits per heavy atom. The summed E-state index contributed by atoms with van der Waals surface area (Å²) in [6, 6.07) is -0.686. The first-order valence-electron chi connectivity index (χ1n) is 5.00. The van der Waals surface area contributed by atoms with Crippen LogP contribution in [0.3, 0.4) is 0 Å². The summed E-state index contributed by atoms with van der Waals surface area (Å²) in [6.45, 7) is 5.53. The average molecular weight is 214 g/mol. The molecule has 15 heavy (non-hydrogen) atoms. The third-order valence-corrected chi connectivity index (χ3v) is 2.74. The highest BCUT2D eigenvalue weighted by Crippen LogP contribution is 2.35. The molecular formula is C10H18N2O3. The van der Waals surface area contributed by atoms with E-state index in [1.54, 1.807) is 0 Å². The molecule has 1 fully saturated rings. The maximum absolute atomic E-state index is 11.7. The molecule has 1 aliphatic carbocycles. The van der Waals surface area contributed by atoms with Crippen molar-refractivity contribution in [2.75, 3.05) is 0 Å². The van der Waals surface area contributed by atoms with Gasteiger partial charge >= 0.3 is 5.97 Å². The zero-order chi connectivity index (χ0) is 11.9. The molecule has 4 N–H and O–H groups in total. The summed E-state index contributed by atoms with van der Waals surface area (Å²) >= 11 is 0. The number of hydrogen-bond donors (Lipinski definition) is 3. The Morgan fingerprint density at radius 1 is 1.40 bits per heavy atom. The molecule has 0 aliphatic heterocycles. The molecule has 0 aromatic rings. The second kappa shape index (κ2) is 3.48. The van der Waals surface area contributed by atoms with Crippen molar-refractivity contribution in [2.24, 2.45) is 11.1 Å². The Bertz CT molecular complexity index is 290. The van der Waals surface area contributed by atoms with Crippen LogP contribution in [0.1, 0.15) is 33.6 Å². The van der Waals surface area contributed by atoms with Crippen molar-refractivity contribution in [3.8, 4) is 0 Å². The van der Waals surface area contributed by atoms with Crippen molar-refractivity contribution < 1.29 is 14.7 Å². The van der Waals surface area contributed by atoms with Gasteiger partial charge in [-0.1, -0.05) is 20.8 Å². The van der Waals surface area contributed by atoms with Crippen LogP contribution in [-0.2, 0) is 9.59 Å². The minimum absolute atomic E-state index is 0.362. The first kappa shape index (κ1) is 12.0. The predicted octanol–water partition coefficient (Wildman–Crippen LogP) is 0.0932. The molecule has 1 amide bonds. The van der Waals surface area contributed by atoms with Crippen LogP contribution in [0.15, 0.2) is 0 Å². The SMILES string of the molecule is CC(C)(C)C(N)C(=O)NC1(C(=O)O)CC1. The zero-order valence-electron chi connectivity index (χ0n) is 9.33. The lowest BCUT2D eigenvalue weighted by Crippen LogP contribution is -2.54. The molecule has 0 saturated heterocycles. The second-order valence-corrected chi connectivity index (χ2v) is 5.22. The average Bonchev–Trinajstić information content (AvgIpc) is 2.82. The molecule has 0 spiro atoms. The van der Waals surface area contributed by atoms with Crippen LogP contribution >= 0.6 is 0 Å². The summed E-state index contributed by atoms with van der Waals surface area (Å²) in [5.41, 5.74) is 4.32. The van der Waals surface area contributed by atoms with Crippen molar-refractivity contribution in [3.63, 3.8) is 0 Å². The van der Waals surface area contributed by atoms with Gasteiger partial charge in [-0.2, -0.15) is 0 Å². The largest absolute Gasteiger partial charge is 0.480 e. The van der Waals surface area contributed by atoms with E-state index in [1.807, 2.05) is 20.8 Å². The zero-order valence-corrected chi connectivity index (χ0v) is 9.33. The Balaban J connectivity index is 2.61. The van der Waals surface area contributed by atoms with Gasteiger partial charge in [0, 0.05) is 0 Å². The molecule has 0 aromatic carbocycles. The monoisotopic (exact) mass is 214 g/mol. The minimum atomic E-state index is -1.04. The molecule has 86 valence electrons. The van der Waals surface area contributed by atoms with Crippen molar-refractivity contribution in [1.82, 2.24) is 5.32 Å². The summed E-state index contributed by atoms with van der Waals surface area (Å²) < 4.78 is 0. The summed E-state index contributed by atoms with van der Waals surface area (Å²) in [6.07, 6.45) is 0.982. The van der Waals surface area contributed by atoms with Gasteiger partial charge in [0.05, 0.1) is 6.04 Å². The fourth-order valence-corrected chi connectivity index (χ4v) is 1.22. The third kappa shape index (κ3) is 2.47.